The molecule has 0 radical (unpaired) electrons. The molecule has 1 aliphatic heterocycles. The summed E-state index contributed by atoms with van der Waals surface area (Å²) in [4.78, 5) is 14.1. The quantitative estimate of drug-likeness (QED) is 0.625. The lowest BCUT2D eigenvalue weighted by molar-refractivity contribution is 0.0787. The Bertz CT molecular complexity index is 791. The lowest BCUT2D eigenvalue weighted by atomic mass is 9.99. The third kappa shape index (κ3) is 6.16. The summed E-state index contributed by atoms with van der Waals surface area (Å²) in [6, 6.07) is 16.0. The van der Waals surface area contributed by atoms with Gasteiger partial charge in [-0.05, 0) is 35.2 Å². The molecule has 0 aliphatic carbocycles. The highest BCUT2D eigenvalue weighted by molar-refractivity contribution is 6.67. The molecule has 4 nitrogen and oxygen atoms in total. The van der Waals surface area contributed by atoms with E-state index in [2.05, 4.69) is 29.6 Å². The number of carbonyl (C=O) groups excluding carboxylic acids is 1. The summed E-state index contributed by atoms with van der Waals surface area (Å²) < 4.78 is 3.54. The Hall–Kier alpha value is -1.17. The van der Waals surface area contributed by atoms with Crippen LogP contribution in [-0.4, -0.2) is 47.1 Å². The maximum absolute atomic E-state index is 12.4. The maximum Gasteiger partial charge on any atom is 0.410 e. The molecule has 1 N–H and O–H groups in total. The van der Waals surface area contributed by atoms with Crippen molar-refractivity contribution in [2.24, 2.45) is 0 Å². The predicted octanol–water partition coefficient (Wildman–Crippen LogP) is 5.33. The SMILES string of the molecule is O=C(OCC(Cl)(Cl)Cl)N1CCNC[C@H]1Cc1ccc(-c2ccc(Cl)cc2)cc1. The summed E-state index contributed by atoms with van der Waals surface area (Å²) in [7, 11) is 0. The second kappa shape index (κ2) is 9.55. The molecule has 1 heterocycles. The molecule has 3 rings (SSSR count). The van der Waals surface area contributed by atoms with Gasteiger partial charge in [-0.1, -0.05) is 82.8 Å². The molecule has 0 aromatic heterocycles. The van der Waals surface area contributed by atoms with Gasteiger partial charge in [-0.25, -0.2) is 4.79 Å². The normalized spacial score (nSPS) is 17.4. The molecule has 1 aliphatic rings. The molecule has 1 fully saturated rings. The zero-order valence-corrected chi connectivity index (χ0v) is 18.0. The number of piperazine rings is 1. The van der Waals surface area contributed by atoms with Crippen molar-refractivity contribution in [1.29, 1.82) is 0 Å². The molecular weight excluding hydrogens is 442 g/mol. The standard InChI is InChI=1S/C20H20Cl4N2O2/c21-17-7-5-16(6-8-17)15-3-1-14(2-4-15)11-18-12-25-9-10-26(18)19(27)28-13-20(22,23)24/h1-8,18,25H,9-13H2/t18-/m1/s1. The van der Waals surface area contributed by atoms with E-state index in [0.29, 0.717) is 31.1 Å². The topological polar surface area (TPSA) is 41.6 Å². The summed E-state index contributed by atoms with van der Waals surface area (Å²) in [5.41, 5.74) is 3.35. The van der Waals surface area contributed by atoms with Crippen LogP contribution in [-0.2, 0) is 11.2 Å². The zero-order valence-electron chi connectivity index (χ0n) is 15.0. The molecule has 1 atom stereocenters. The van der Waals surface area contributed by atoms with E-state index in [4.69, 9.17) is 51.1 Å². The van der Waals surface area contributed by atoms with Crippen molar-refractivity contribution in [1.82, 2.24) is 10.2 Å². The van der Waals surface area contributed by atoms with Crippen LogP contribution in [0.3, 0.4) is 0 Å². The molecule has 0 saturated carbocycles. The fourth-order valence-electron chi connectivity index (χ4n) is 3.16. The van der Waals surface area contributed by atoms with E-state index in [1.807, 2.05) is 24.3 Å². The van der Waals surface area contributed by atoms with Crippen molar-refractivity contribution >= 4 is 52.5 Å². The van der Waals surface area contributed by atoms with E-state index in [1.165, 1.54) is 0 Å². The van der Waals surface area contributed by atoms with E-state index in [-0.39, 0.29) is 12.6 Å². The van der Waals surface area contributed by atoms with Gasteiger partial charge in [-0.3, -0.25) is 0 Å². The summed E-state index contributed by atoms with van der Waals surface area (Å²) >= 11 is 23.0. The van der Waals surface area contributed by atoms with E-state index in [0.717, 1.165) is 16.7 Å². The first-order valence-electron chi connectivity index (χ1n) is 8.87. The molecule has 1 amide bonds. The van der Waals surface area contributed by atoms with Crippen molar-refractivity contribution in [2.75, 3.05) is 26.2 Å². The van der Waals surface area contributed by atoms with Crippen LogP contribution < -0.4 is 5.32 Å². The van der Waals surface area contributed by atoms with Crippen LogP contribution in [0.15, 0.2) is 48.5 Å². The number of halogens is 4. The summed E-state index contributed by atoms with van der Waals surface area (Å²) in [5.74, 6) is 0. The van der Waals surface area contributed by atoms with Gasteiger partial charge in [0.1, 0.15) is 6.61 Å². The number of hydrogen-bond acceptors (Lipinski definition) is 3. The Kier molecular flexibility index (Phi) is 7.35. The van der Waals surface area contributed by atoms with Gasteiger partial charge >= 0.3 is 6.09 Å². The Morgan fingerprint density at radius 1 is 1.07 bits per heavy atom. The zero-order chi connectivity index (χ0) is 20.1. The van der Waals surface area contributed by atoms with Crippen molar-refractivity contribution in [3.8, 4) is 11.1 Å². The van der Waals surface area contributed by atoms with Crippen LogP contribution in [0, 0.1) is 0 Å². The molecule has 150 valence electrons. The smallest absolute Gasteiger partial charge is 0.410 e. The van der Waals surface area contributed by atoms with Crippen LogP contribution in [0.2, 0.25) is 5.02 Å². The Morgan fingerprint density at radius 2 is 1.68 bits per heavy atom. The van der Waals surface area contributed by atoms with Gasteiger partial charge in [-0.2, -0.15) is 0 Å². The van der Waals surface area contributed by atoms with Crippen LogP contribution in [0.5, 0.6) is 0 Å². The van der Waals surface area contributed by atoms with Crippen molar-refractivity contribution in [2.45, 2.75) is 16.3 Å². The Labute approximate surface area is 184 Å². The third-order valence-electron chi connectivity index (χ3n) is 4.55. The highest BCUT2D eigenvalue weighted by Crippen LogP contribution is 2.27. The molecule has 28 heavy (non-hydrogen) atoms. The predicted molar refractivity (Wildman–Crippen MR) is 116 cm³/mol. The molecule has 0 unspecified atom stereocenters. The first kappa shape index (κ1) is 21.5. The van der Waals surface area contributed by atoms with Crippen molar-refractivity contribution < 1.29 is 9.53 Å². The van der Waals surface area contributed by atoms with Gasteiger partial charge in [0.25, 0.3) is 0 Å². The van der Waals surface area contributed by atoms with Crippen LogP contribution in [0.4, 0.5) is 4.79 Å². The van der Waals surface area contributed by atoms with Crippen molar-refractivity contribution in [3.63, 3.8) is 0 Å². The Balaban J connectivity index is 1.65. The monoisotopic (exact) mass is 460 g/mol. The fraction of sp³-hybridized carbons (Fsp3) is 0.350. The van der Waals surface area contributed by atoms with E-state index >= 15 is 0 Å². The first-order valence-corrected chi connectivity index (χ1v) is 10.4. The summed E-state index contributed by atoms with van der Waals surface area (Å²) in [6.07, 6.45) is 0.243. The van der Waals surface area contributed by atoms with Gasteiger partial charge in [-0.15, -0.1) is 0 Å². The fourth-order valence-corrected chi connectivity index (χ4v) is 3.45. The Morgan fingerprint density at radius 3 is 2.29 bits per heavy atom. The van der Waals surface area contributed by atoms with Gasteiger partial charge < -0.3 is 15.0 Å². The maximum atomic E-state index is 12.4. The number of rotatable bonds is 4. The average molecular weight is 462 g/mol. The molecule has 0 bridgehead atoms. The second-order valence-corrected chi connectivity index (χ2v) is 9.58. The molecule has 0 spiro atoms. The van der Waals surface area contributed by atoms with E-state index < -0.39 is 9.89 Å². The summed E-state index contributed by atoms with van der Waals surface area (Å²) in [5, 5.41) is 4.03. The minimum Gasteiger partial charge on any atom is -0.445 e. The first-order chi connectivity index (χ1) is 13.3. The van der Waals surface area contributed by atoms with Gasteiger partial charge in [0.15, 0.2) is 0 Å². The number of nitrogens with zero attached hydrogens (tertiary/aromatic N) is 1. The van der Waals surface area contributed by atoms with Crippen molar-refractivity contribution in [3.05, 3.63) is 59.1 Å². The van der Waals surface area contributed by atoms with E-state index in [1.54, 1.807) is 4.90 Å². The molecule has 2 aromatic rings. The third-order valence-corrected chi connectivity index (χ3v) is 5.13. The van der Waals surface area contributed by atoms with Gasteiger partial charge in [0.2, 0.25) is 3.79 Å². The molecule has 8 heteroatoms. The number of ether oxygens (including phenoxy) is 1. The minimum atomic E-state index is -1.61. The minimum absolute atomic E-state index is 0.0296. The number of benzene rings is 2. The highest BCUT2D eigenvalue weighted by Gasteiger charge is 2.30. The van der Waals surface area contributed by atoms with Gasteiger partial charge in [0.05, 0.1) is 6.04 Å². The summed E-state index contributed by atoms with van der Waals surface area (Å²) in [6.45, 7) is 1.66. The number of nitrogens with one attached hydrogen (secondary N) is 1. The lowest BCUT2D eigenvalue weighted by Crippen LogP contribution is -2.54. The number of alkyl halides is 3. The largest absolute Gasteiger partial charge is 0.445 e. The van der Waals surface area contributed by atoms with Gasteiger partial charge in [0, 0.05) is 24.7 Å². The molecular formula is C20H20Cl4N2O2. The van der Waals surface area contributed by atoms with E-state index in [9.17, 15) is 4.79 Å². The average Bonchev–Trinajstić information content (AvgIpc) is 2.67. The number of carbonyl (C=O) groups is 1. The number of amides is 1. The second-order valence-electron chi connectivity index (χ2n) is 6.63. The van der Waals surface area contributed by atoms with Crippen LogP contribution in [0.1, 0.15) is 5.56 Å². The molecule has 1 saturated heterocycles. The van der Waals surface area contributed by atoms with Crippen LogP contribution >= 0.6 is 46.4 Å². The highest BCUT2D eigenvalue weighted by atomic mass is 35.6. The lowest BCUT2D eigenvalue weighted by Gasteiger charge is -2.35. The number of hydrogen-bond donors (Lipinski definition) is 1. The molecule has 2 aromatic carbocycles. The van der Waals surface area contributed by atoms with Crippen LogP contribution in [0.25, 0.3) is 11.1 Å².